The van der Waals surface area contributed by atoms with Crippen molar-refractivity contribution in [3.8, 4) is 0 Å². The molecule has 1 nitrogen and oxygen atoms in total. The van der Waals surface area contributed by atoms with Gasteiger partial charge < -0.3 is 4.98 Å². The Hall–Kier alpha value is -0.720. The molecule has 1 aromatic rings. The molecule has 0 unspecified atom stereocenters. The van der Waals surface area contributed by atoms with Gasteiger partial charge in [0, 0.05) is 6.20 Å². The maximum absolute atomic E-state index is 3.03. The topological polar surface area (TPSA) is 15.8 Å². The summed E-state index contributed by atoms with van der Waals surface area (Å²) in [6, 6.07) is 0. The number of fused-ring (bicyclic) bond motifs is 1. The van der Waals surface area contributed by atoms with Crippen LogP contribution < -0.4 is 0 Å². The molecule has 7 heavy (non-hydrogen) atoms. The lowest BCUT2D eigenvalue weighted by atomic mass is 9.94. The maximum atomic E-state index is 3.03. The second-order valence-corrected chi connectivity index (χ2v) is 1.92. The van der Waals surface area contributed by atoms with Crippen molar-refractivity contribution in [2.24, 2.45) is 0 Å². The molecule has 0 amide bonds. The zero-order chi connectivity index (χ0) is 4.69. The Morgan fingerprint density at radius 2 is 2.57 bits per heavy atom. The van der Waals surface area contributed by atoms with Gasteiger partial charge in [-0.3, -0.25) is 0 Å². The number of H-pyrrole nitrogens is 1. The number of aromatic nitrogens is 1. The van der Waals surface area contributed by atoms with Crippen LogP contribution in [0.5, 0.6) is 0 Å². The molecule has 1 aliphatic carbocycles. The van der Waals surface area contributed by atoms with Crippen LogP contribution in [0.3, 0.4) is 0 Å². The van der Waals surface area contributed by atoms with Gasteiger partial charge in [-0.2, -0.15) is 0 Å². The van der Waals surface area contributed by atoms with Crippen LogP contribution in [-0.2, 0) is 12.8 Å². The highest BCUT2D eigenvalue weighted by Gasteiger charge is 2.11. The van der Waals surface area contributed by atoms with Gasteiger partial charge in [-0.1, -0.05) is 0 Å². The Morgan fingerprint density at radius 3 is 2.86 bits per heavy atom. The molecule has 0 saturated carbocycles. The van der Waals surface area contributed by atoms with Gasteiger partial charge >= 0.3 is 0 Å². The van der Waals surface area contributed by atoms with Gasteiger partial charge in [-0.05, 0) is 24.0 Å². The molecule has 0 spiro atoms. The number of aromatic amines is 1. The Balaban J connectivity index is 2.69. The third-order valence-corrected chi connectivity index (χ3v) is 1.50. The van der Waals surface area contributed by atoms with Crippen molar-refractivity contribution in [3.63, 3.8) is 0 Å². The highest BCUT2D eigenvalue weighted by molar-refractivity contribution is 5.30. The molecule has 0 saturated heterocycles. The van der Waals surface area contributed by atoms with Crippen LogP contribution in [0.4, 0.5) is 0 Å². The smallest absolute Gasteiger partial charge is 0.0657 e. The fraction of sp³-hybridized carbons (Fsp3) is 0.333. The molecule has 1 heteroatoms. The molecule has 0 aromatic carbocycles. The standard InChI is InChI=1S/C6H6N/c1-2-6-4-7-3-5(1)6/h3,7H,1-2H2. The number of hydrogen-bond donors (Lipinski definition) is 1. The molecule has 1 heterocycles. The first-order valence-corrected chi connectivity index (χ1v) is 2.53. The Morgan fingerprint density at radius 1 is 1.57 bits per heavy atom. The van der Waals surface area contributed by atoms with E-state index in [0.717, 1.165) is 0 Å². The fourth-order valence-corrected chi connectivity index (χ4v) is 0.907. The average Bonchev–Trinajstić information content (AvgIpc) is 1.85. The van der Waals surface area contributed by atoms with E-state index < -0.39 is 0 Å². The van der Waals surface area contributed by atoms with Crippen LogP contribution >= 0.6 is 0 Å². The summed E-state index contributed by atoms with van der Waals surface area (Å²) in [4.78, 5) is 2.94. The van der Waals surface area contributed by atoms with Gasteiger partial charge in [0.15, 0.2) is 0 Å². The lowest BCUT2D eigenvalue weighted by molar-refractivity contribution is 0.852. The molecule has 0 bridgehead atoms. The summed E-state index contributed by atoms with van der Waals surface area (Å²) in [6.45, 7) is 0. The minimum atomic E-state index is 1.23. The van der Waals surface area contributed by atoms with E-state index in [1.807, 2.05) is 6.20 Å². The third kappa shape index (κ3) is 0.279. The Kier molecular flexibility index (Phi) is 0.432. The van der Waals surface area contributed by atoms with Gasteiger partial charge in [-0.15, -0.1) is 0 Å². The highest BCUT2D eigenvalue weighted by Crippen LogP contribution is 2.19. The predicted molar refractivity (Wildman–Crippen MR) is 27.0 cm³/mol. The zero-order valence-corrected chi connectivity index (χ0v) is 3.99. The van der Waals surface area contributed by atoms with Crippen molar-refractivity contribution in [2.45, 2.75) is 12.8 Å². The molecule has 1 aromatic heterocycles. The first-order valence-electron chi connectivity index (χ1n) is 2.53. The van der Waals surface area contributed by atoms with E-state index in [1.165, 1.54) is 24.0 Å². The van der Waals surface area contributed by atoms with Crippen molar-refractivity contribution in [2.75, 3.05) is 0 Å². The van der Waals surface area contributed by atoms with Crippen LogP contribution in [0, 0.1) is 6.20 Å². The molecule has 1 N–H and O–H groups in total. The van der Waals surface area contributed by atoms with E-state index in [0.29, 0.717) is 0 Å². The second kappa shape index (κ2) is 0.915. The third-order valence-electron chi connectivity index (χ3n) is 1.50. The molecule has 35 valence electrons. The van der Waals surface area contributed by atoms with Gasteiger partial charge in [0.2, 0.25) is 0 Å². The summed E-state index contributed by atoms with van der Waals surface area (Å²) in [5, 5.41) is 0. The van der Waals surface area contributed by atoms with E-state index in [4.69, 9.17) is 0 Å². The van der Waals surface area contributed by atoms with Gasteiger partial charge in [0.05, 0.1) is 6.20 Å². The number of nitrogens with one attached hydrogen (secondary N) is 1. The van der Waals surface area contributed by atoms with Gasteiger partial charge in [-0.25, -0.2) is 0 Å². The zero-order valence-electron chi connectivity index (χ0n) is 3.99. The van der Waals surface area contributed by atoms with Crippen molar-refractivity contribution < 1.29 is 0 Å². The summed E-state index contributed by atoms with van der Waals surface area (Å²) in [6.07, 6.45) is 7.55. The van der Waals surface area contributed by atoms with Crippen LogP contribution in [-0.4, -0.2) is 4.98 Å². The first-order chi connectivity index (χ1) is 3.47. The fourth-order valence-electron chi connectivity index (χ4n) is 0.907. The quantitative estimate of drug-likeness (QED) is 0.489. The van der Waals surface area contributed by atoms with E-state index in [1.54, 1.807) is 0 Å². The van der Waals surface area contributed by atoms with Gasteiger partial charge in [0.1, 0.15) is 0 Å². The molecular formula is C6H6N. The van der Waals surface area contributed by atoms with E-state index in [2.05, 4.69) is 11.2 Å². The van der Waals surface area contributed by atoms with Crippen LogP contribution in [0.15, 0.2) is 6.20 Å². The van der Waals surface area contributed by atoms with Crippen molar-refractivity contribution in [1.29, 1.82) is 0 Å². The molecule has 0 atom stereocenters. The second-order valence-electron chi connectivity index (χ2n) is 1.92. The number of hydrogen-bond acceptors (Lipinski definition) is 0. The van der Waals surface area contributed by atoms with Crippen molar-refractivity contribution in [3.05, 3.63) is 23.5 Å². The molecule has 0 aliphatic heterocycles. The molecule has 2 rings (SSSR count). The van der Waals surface area contributed by atoms with Crippen LogP contribution in [0.1, 0.15) is 11.1 Å². The summed E-state index contributed by atoms with van der Waals surface area (Å²) in [7, 11) is 0. The SMILES string of the molecule is [c]1[nH]cc2c1CC2. The summed E-state index contributed by atoms with van der Waals surface area (Å²) >= 11 is 0. The van der Waals surface area contributed by atoms with Crippen molar-refractivity contribution in [1.82, 2.24) is 4.98 Å². The normalized spacial score (nSPS) is 15.4. The number of aryl methyl sites for hydroxylation is 2. The average molecular weight is 92.1 g/mol. The van der Waals surface area contributed by atoms with E-state index in [9.17, 15) is 0 Å². The Labute approximate surface area is 42.4 Å². The lowest BCUT2D eigenvalue weighted by Gasteiger charge is -2.09. The van der Waals surface area contributed by atoms with Crippen LogP contribution in [0.25, 0.3) is 0 Å². The largest absolute Gasteiger partial charge is 0.359 e. The van der Waals surface area contributed by atoms with Gasteiger partial charge in [0.25, 0.3) is 0 Å². The first kappa shape index (κ1) is 3.30. The summed E-state index contributed by atoms with van der Waals surface area (Å²) in [5.74, 6) is 0. The maximum Gasteiger partial charge on any atom is 0.0657 e. The molecule has 0 fully saturated rings. The highest BCUT2D eigenvalue weighted by atomic mass is 14.6. The van der Waals surface area contributed by atoms with Crippen LogP contribution in [0.2, 0.25) is 0 Å². The van der Waals surface area contributed by atoms with Crippen molar-refractivity contribution >= 4 is 0 Å². The molecule has 1 aliphatic rings. The monoisotopic (exact) mass is 92.1 g/mol. The molecule has 1 radical (unpaired) electrons. The van der Waals surface area contributed by atoms with E-state index in [-0.39, 0.29) is 0 Å². The Bertz CT molecular complexity index is 158. The minimum Gasteiger partial charge on any atom is -0.359 e. The summed E-state index contributed by atoms with van der Waals surface area (Å²) in [5.41, 5.74) is 2.85. The molecular weight excluding hydrogens is 86.1 g/mol. The summed E-state index contributed by atoms with van der Waals surface area (Å²) < 4.78 is 0. The lowest BCUT2D eigenvalue weighted by Crippen LogP contribution is -2.02. The predicted octanol–water partition coefficient (Wildman–Crippen LogP) is 0.913. The number of rotatable bonds is 0. The van der Waals surface area contributed by atoms with E-state index >= 15 is 0 Å². The minimum absolute atomic E-state index is 1.23.